The molecule has 3 aromatic heterocycles. The van der Waals surface area contributed by atoms with Crippen molar-refractivity contribution in [1.29, 1.82) is 0 Å². The Balaban J connectivity index is 1.32. The van der Waals surface area contributed by atoms with Gasteiger partial charge in [-0.05, 0) is 86.0 Å². The van der Waals surface area contributed by atoms with Crippen LogP contribution in [0.4, 0.5) is 26.3 Å². The highest BCUT2D eigenvalue weighted by Crippen LogP contribution is 2.37. The lowest BCUT2D eigenvalue weighted by atomic mass is 9.88. The number of halogens is 6. The van der Waals surface area contributed by atoms with Crippen LogP contribution < -0.4 is 4.74 Å². The molecule has 0 saturated carbocycles. The topological polar surface area (TPSA) is 80.5 Å². The minimum absolute atomic E-state index is 0.158. The van der Waals surface area contributed by atoms with Gasteiger partial charge in [-0.15, -0.1) is 11.3 Å². The largest absolute Gasteiger partial charge is 0.489 e. The number of ether oxygens (including phenoxy) is 1. The van der Waals surface area contributed by atoms with E-state index in [9.17, 15) is 36.2 Å². The summed E-state index contributed by atoms with van der Waals surface area (Å²) in [5.41, 5.74) is 1.61. The molecule has 1 N–H and O–H groups in total. The fraction of sp³-hybridized carbons (Fsp3) is 0.367. The van der Waals surface area contributed by atoms with Crippen molar-refractivity contribution in [2.75, 3.05) is 19.6 Å². The zero-order valence-electron chi connectivity index (χ0n) is 23.7. The summed E-state index contributed by atoms with van der Waals surface area (Å²) in [5, 5.41) is 14.8. The van der Waals surface area contributed by atoms with Crippen molar-refractivity contribution >= 4 is 17.3 Å². The molecular weight excluding hydrogens is 610 g/mol. The summed E-state index contributed by atoms with van der Waals surface area (Å²) >= 11 is 1.35. The molecule has 234 valence electrons. The highest BCUT2D eigenvalue weighted by Gasteiger charge is 2.41. The molecule has 0 unspecified atom stereocenters. The van der Waals surface area contributed by atoms with E-state index in [4.69, 9.17) is 4.74 Å². The van der Waals surface area contributed by atoms with Crippen LogP contribution in [-0.4, -0.2) is 56.6 Å². The molecule has 1 aliphatic rings. The predicted molar refractivity (Wildman–Crippen MR) is 151 cm³/mol. The molecule has 4 aromatic rings. The SMILES string of the molecule is Cc1cc(C2CCN(CC(F)(F)F)CC2)ccc1OCc1c(C)csc1-c1cccc(-n2ncc(C(=O)O)c2C(F)(F)F)n1. The van der Waals surface area contributed by atoms with Crippen LogP contribution in [0.15, 0.2) is 48.0 Å². The lowest BCUT2D eigenvalue weighted by Gasteiger charge is -2.32. The standard InChI is InChI=1S/C30H28F6N4O3S/c1-17-12-20(19-8-10-39(11-9-19)16-29(31,32)33)6-7-24(17)43-14-22-18(2)15-44-26(22)23-4-3-5-25(38-23)40-27(30(34,35)36)21(13-37-40)28(41)42/h3-7,12-13,15,19H,8-11,14,16H2,1-2H3,(H,41,42). The molecule has 7 nitrogen and oxygen atoms in total. The number of aromatic carboxylic acids is 1. The number of rotatable bonds is 8. The summed E-state index contributed by atoms with van der Waals surface area (Å²) < 4.78 is 86.1. The summed E-state index contributed by atoms with van der Waals surface area (Å²) in [7, 11) is 0. The number of hydrogen-bond acceptors (Lipinski definition) is 6. The Morgan fingerprint density at radius 2 is 1.80 bits per heavy atom. The van der Waals surface area contributed by atoms with Crippen molar-refractivity contribution in [3.63, 3.8) is 0 Å². The molecule has 5 rings (SSSR count). The number of hydrogen-bond donors (Lipinski definition) is 1. The maximum Gasteiger partial charge on any atom is 0.434 e. The molecule has 1 aromatic carbocycles. The number of likely N-dealkylation sites (tertiary alicyclic amines) is 1. The molecule has 0 bridgehead atoms. The van der Waals surface area contributed by atoms with Crippen LogP contribution in [0.5, 0.6) is 5.75 Å². The smallest absolute Gasteiger partial charge is 0.434 e. The fourth-order valence-electron chi connectivity index (χ4n) is 5.40. The van der Waals surface area contributed by atoms with Crippen LogP contribution in [0, 0.1) is 13.8 Å². The number of benzene rings is 1. The third-order valence-electron chi connectivity index (χ3n) is 7.59. The van der Waals surface area contributed by atoms with E-state index in [-0.39, 0.29) is 18.3 Å². The number of aromatic nitrogens is 3. The van der Waals surface area contributed by atoms with Gasteiger partial charge >= 0.3 is 18.3 Å². The molecule has 0 atom stereocenters. The second-order valence-electron chi connectivity index (χ2n) is 10.7. The van der Waals surface area contributed by atoms with E-state index in [0.717, 1.165) is 22.3 Å². The van der Waals surface area contributed by atoms with Crippen molar-refractivity contribution in [1.82, 2.24) is 19.7 Å². The second kappa shape index (κ2) is 12.2. The number of carboxylic acids is 1. The molecule has 0 radical (unpaired) electrons. The first-order valence-electron chi connectivity index (χ1n) is 13.7. The van der Waals surface area contributed by atoms with Crippen LogP contribution in [0.1, 0.15) is 57.1 Å². The summed E-state index contributed by atoms with van der Waals surface area (Å²) in [5.74, 6) is -1.14. The fourth-order valence-corrected chi connectivity index (χ4v) is 6.43. The Kier molecular flexibility index (Phi) is 8.76. The molecule has 0 amide bonds. The lowest BCUT2D eigenvalue weighted by molar-refractivity contribution is -0.148. The van der Waals surface area contributed by atoms with Gasteiger partial charge in [0.1, 0.15) is 17.9 Å². The van der Waals surface area contributed by atoms with Gasteiger partial charge in [0.25, 0.3) is 0 Å². The minimum Gasteiger partial charge on any atom is -0.489 e. The first-order valence-corrected chi connectivity index (χ1v) is 14.5. The van der Waals surface area contributed by atoms with E-state index in [0.29, 0.717) is 53.1 Å². The van der Waals surface area contributed by atoms with Crippen LogP contribution in [0.3, 0.4) is 0 Å². The second-order valence-corrected chi connectivity index (χ2v) is 11.6. The first kappa shape index (κ1) is 31.5. The summed E-state index contributed by atoms with van der Waals surface area (Å²) in [6, 6.07) is 10.3. The number of nitrogens with zero attached hydrogens (tertiary/aromatic N) is 4. The van der Waals surface area contributed by atoms with Gasteiger partial charge in [-0.3, -0.25) is 4.90 Å². The Bertz CT molecular complexity index is 1660. The van der Waals surface area contributed by atoms with E-state index < -0.39 is 36.1 Å². The first-order chi connectivity index (χ1) is 20.7. The Hall–Kier alpha value is -3.91. The molecule has 0 spiro atoms. The van der Waals surface area contributed by atoms with E-state index in [2.05, 4.69) is 10.1 Å². The van der Waals surface area contributed by atoms with Crippen molar-refractivity contribution in [2.45, 2.75) is 51.6 Å². The monoisotopic (exact) mass is 638 g/mol. The van der Waals surface area contributed by atoms with Gasteiger partial charge in [0.2, 0.25) is 0 Å². The number of piperidine rings is 1. The van der Waals surface area contributed by atoms with Gasteiger partial charge < -0.3 is 9.84 Å². The van der Waals surface area contributed by atoms with Crippen molar-refractivity contribution in [2.24, 2.45) is 0 Å². The Morgan fingerprint density at radius 1 is 1.07 bits per heavy atom. The van der Waals surface area contributed by atoms with Gasteiger partial charge in [-0.1, -0.05) is 18.2 Å². The number of alkyl halides is 6. The Morgan fingerprint density at radius 3 is 2.43 bits per heavy atom. The van der Waals surface area contributed by atoms with Gasteiger partial charge in [0, 0.05) is 5.56 Å². The molecule has 0 aliphatic carbocycles. The van der Waals surface area contributed by atoms with Gasteiger partial charge in [0.05, 0.1) is 23.3 Å². The summed E-state index contributed by atoms with van der Waals surface area (Å²) in [6.07, 6.45) is -7.25. The zero-order chi connectivity index (χ0) is 31.8. The van der Waals surface area contributed by atoms with Crippen molar-refractivity contribution in [3.05, 3.63) is 81.5 Å². The zero-order valence-corrected chi connectivity index (χ0v) is 24.5. The molecule has 14 heteroatoms. The van der Waals surface area contributed by atoms with E-state index in [1.54, 1.807) is 6.07 Å². The normalized spacial score (nSPS) is 15.1. The van der Waals surface area contributed by atoms with Crippen molar-refractivity contribution < 1.29 is 41.0 Å². The molecule has 1 saturated heterocycles. The number of thiophene rings is 1. The van der Waals surface area contributed by atoms with Crippen LogP contribution in [-0.2, 0) is 12.8 Å². The molecule has 44 heavy (non-hydrogen) atoms. The maximum absolute atomic E-state index is 13.8. The van der Waals surface area contributed by atoms with Gasteiger partial charge in [0.15, 0.2) is 11.5 Å². The van der Waals surface area contributed by atoms with Crippen LogP contribution in [0.25, 0.3) is 16.4 Å². The number of pyridine rings is 1. The number of carboxylic acid groups (broad SMARTS) is 1. The lowest BCUT2D eigenvalue weighted by Crippen LogP contribution is -2.39. The van der Waals surface area contributed by atoms with Crippen molar-refractivity contribution in [3.8, 4) is 22.1 Å². The minimum atomic E-state index is -4.97. The van der Waals surface area contributed by atoms with E-state index in [1.165, 1.54) is 28.4 Å². The number of carbonyl (C=O) groups is 1. The Labute approximate surface area is 252 Å². The average molecular weight is 639 g/mol. The molecule has 1 aliphatic heterocycles. The quantitative estimate of drug-likeness (QED) is 0.200. The van der Waals surface area contributed by atoms with Crippen LogP contribution >= 0.6 is 11.3 Å². The number of aryl methyl sites for hydroxylation is 2. The van der Waals surface area contributed by atoms with Crippen LogP contribution in [0.2, 0.25) is 0 Å². The third kappa shape index (κ3) is 6.91. The average Bonchev–Trinajstić information content (AvgIpc) is 3.57. The van der Waals surface area contributed by atoms with Gasteiger partial charge in [-0.25, -0.2) is 14.5 Å². The molecular formula is C30H28F6N4O3S. The maximum atomic E-state index is 13.8. The third-order valence-corrected chi connectivity index (χ3v) is 8.75. The molecule has 4 heterocycles. The van der Waals surface area contributed by atoms with Gasteiger partial charge in [-0.2, -0.15) is 31.4 Å². The highest BCUT2D eigenvalue weighted by atomic mass is 32.1. The molecule has 1 fully saturated rings. The van der Waals surface area contributed by atoms with E-state index in [1.807, 2.05) is 37.4 Å². The van der Waals surface area contributed by atoms with E-state index >= 15 is 0 Å². The highest BCUT2D eigenvalue weighted by molar-refractivity contribution is 7.13. The predicted octanol–water partition coefficient (Wildman–Crippen LogP) is 7.65. The summed E-state index contributed by atoms with van der Waals surface area (Å²) in [4.78, 5) is 17.9. The summed E-state index contributed by atoms with van der Waals surface area (Å²) in [6.45, 7) is 3.82.